The molecule has 0 spiro atoms. The third-order valence-electron chi connectivity index (χ3n) is 4.05. The molecule has 2 unspecified atom stereocenters. The lowest BCUT2D eigenvalue weighted by molar-refractivity contribution is 0.0811. The molecule has 0 saturated heterocycles. The maximum Gasteiger partial charge on any atom is 0.179 e. The van der Waals surface area contributed by atoms with Crippen molar-refractivity contribution in [2.75, 3.05) is 7.05 Å². The molecule has 1 aromatic carbocycles. The standard InChI is InChI=1S/C15H20ClNO/c1-10(12-7-8-12)17(3)11(2)15(18)13-5-4-6-14(16)9-13/h4-6,9-12H,7-8H2,1-3H3. The SMILES string of the molecule is CC(C(=O)c1cccc(Cl)c1)N(C)C(C)C1CC1. The monoisotopic (exact) mass is 265 g/mol. The minimum absolute atomic E-state index is 0.0981. The van der Waals surface area contributed by atoms with Crippen LogP contribution < -0.4 is 0 Å². The van der Waals surface area contributed by atoms with Crippen molar-refractivity contribution in [3.8, 4) is 0 Å². The van der Waals surface area contributed by atoms with Crippen molar-refractivity contribution in [3.05, 3.63) is 34.9 Å². The highest BCUT2D eigenvalue weighted by atomic mass is 35.5. The highest BCUT2D eigenvalue weighted by Gasteiger charge is 2.34. The molecule has 0 heterocycles. The molecule has 0 aliphatic heterocycles. The van der Waals surface area contributed by atoms with Gasteiger partial charge in [-0.2, -0.15) is 0 Å². The molecule has 0 amide bonds. The van der Waals surface area contributed by atoms with Crippen molar-refractivity contribution in [3.63, 3.8) is 0 Å². The van der Waals surface area contributed by atoms with Gasteiger partial charge in [0.1, 0.15) is 0 Å². The van der Waals surface area contributed by atoms with Gasteiger partial charge in [-0.1, -0.05) is 23.7 Å². The summed E-state index contributed by atoms with van der Waals surface area (Å²) in [6.45, 7) is 4.18. The summed E-state index contributed by atoms with van der Waals surface area (Å²) in [6, 6.07) is 7.57. The van der Waals surface area contributed by atoms with Crippen molar-refractivity contribution < 1.29 is 4.79 Å². The molecule has 1 aliphatic rings. The fourth-order valence-electron chi connectivity index (χ4n) is 2.33. The van der Waals surface area contributed by atoms with E-state index in [2.05, 4.69) is 11.8 Å². The molecule has 2 atom stereocenters. The summed E-state index contributed by atoms with van der Waals surface area (Å²) >= 11 is 5.93. The second-order valence-electron chi connectivity index (χ2n) is 5.29. The number of carbonyl (C=O) groups is 1. The Bertz CT molecular complexity index is 442. The highest BCUT2D eigenvalue weighted by molar-refractivity contribution is 6.31. The molecule has 0 bridgehead atoms. The third-order valence-corrected chi connectivity index (χ3v) is 4.28. The van der Waals surface area contributed by atoms with Gasteiger partial charge in [0.05, 0.1) is 6.04 Å². The average molecular weight is 266 g/mol. The molecular weight excluding hydrogens is 246 g/mol. The van der Waals surface area contributed by atoms with Gasteiger partial charge in [-0.25, -0.2) is 0 Å². The zero-order chi connectivity index (χ0) is 13.3. The van der Waals surface area contributed by atoms with E-state index in [-0.39, 0.29) is 11.8 Å². The Kier molecular flexibility index (Phi) is 4.08. The van der Waals surface area contributed by atoms with Crippen LogP contribution in [0.1, 0.15) is 37.0 Å². The predicted octanol–water partition coefficient (Wildman–Crippen LogP) is 3.64. The van der Waals surface area contributed by atoms with Crippen LogP contribution in [0.2, 0.25) is 5.02 Å². The van der Waals surface area contributed by atoms with Crippen LogP contribution >= 0.6 is 11.6 Å². The molecule has 3 heteroatoms. The summed E-state index contributed by atoms with van der Waals surface area (Å²) in [4.78, 5) is 14.6. The van der Waals surface area contributed by atoms with Crippen LogP contribution in [0.25, 0.3) is 0 Å². The Hall–Kier alpha value is -0.860. The lowest BCUT2D eigenvalue weighted by Crippen LogP contribution is -2.42. The summed E-state index contributed by atoms with van der Waals surface area (Å²) in [5.41, 5.74) is 0.699. The first-order valence-corrected chi connectivity index (χ1v) is 6.90. The van der Waals surface area contributed by atoms with Crippen molar-refractivity contribution >= 4 is 17.4 Å². The normalized spacial score (nSPS) is 18.7. The number of hydrogen-bond donors (Lipinski definition) is 0. The summed E-state index contributed by atoms with van der Waals surface area (Å²) in [7, 11) is 2.04. The Morgan fingerprint density at radius 1 is 1.39 bits per heavy atom. The number of Topliss-reactive ketones (excluding diaryl/α,β-unsaturated/α-hetero) is 1. The summed E-state index contributed by atoms with van der Waals surface area (Å²) in [5, 5.41) is 0.617. The zero-order valence-corrected chi connectivity index (χ0v) is 11.9. The molecule has 0 radical (unpaired) electrons. The van der Waals surface area contributed by atoms with E-state index in [0.29, 0.717) is 16.6 Å². The van der Waals surface area contributed by atoms with Gasteiger partial charge in [0.15, 0.2) is 5.78 Å². The van der Waals surface area contributed by atoms with Crippen LogP contribution in [-0.4, -0.2) is 29.8 Å². The molecule has 1 saturated carbocycles. The maximum absolute atomic E-state index is 12.4. The van der Waals surface area contributed by atoms with Gasteiger partial charge in [0.25, 0.3) is 0 Å². The number of rotatable bonds is 5. The number of carbonyl (C=O) groups excluding carboxylic acids is 1. The van der Waals surface area contributed by atoms with E-state index in [9.17, 15) is 4.79 Å². The van der Waals surface area contributed by atoms with Gasteiger partial charge >= 0.3 is 0 Å². The Morgan fingerprint density at radius 2 is 2.06 bits per heavy atom. The zero-order valence-electron chi connectivity index (χ0n) is 11.2. The van der Waals surface area contributed by atoms with Crippen molar-refractivity contribution in [1.82, 2.24) is 4.90 Å². The molecule has 1 aliphatic carbocycles. The molecule has 18 heavy (non-hydrogen) atoms. The lowest BCUT2D eigenvalue weighted by Gasteiger charge is -2.30. The van der Waals surface area contributed by atoms with Gasteiger partial charge < -0.3 is 0 Å². The van der Waals surface area contributed by atoms with E-state index in [1.807, 2.05) is 26.1 Å². The first kappa shape index (κ1) is 13.6. The molecule has 0 N–H and O–H groups in total. The van der Waals surface area contributed by atoms with Gasteiger partial charge in [-0.3, -0.25) is 9.69 Å². The third kappa shape index (κ3) is 2.93. The molecule has 2 rings (SSSR count). The van der Waals surface area contributed by atoms with E-state index in [0.717, 1.165) is 5.92 Å². The van der Waals surface area contributed by atoms with E-state index in [1.54, 1.807) is 12.1 Å². The first-order valence-electron chi connectivity index (χ1n) is 6.52. The van der Waals surface area contributed by atoms with E-state index >= 15 is 0 Å². The smallest absolute Gasteiger partial charge is 0.179 e. The molecule has 1 fully saturated rings. The number of ketones is 1. The quantitative estimate of drug-likeness (QED) is 0.758. The summed E-state index contributed by atoms with van der Waals surface area (Å²) in [6.07, 6.45) is 2.59. The number of hydrogen-bond acceptors (Lipinski definition) is 2. The second kappa shape index (κ2) is 5.41. The summed E-state index contributed by atoms with van der Waals surface area (Å²) < 4.78 is 0. The van der Waals surface area contributed by atoms with Gasteiger partial charge in [-0.05, 0) is 51.8 Å². The molecule has 0 aromatic heterocycles. The van der Waals surface area contributed by atoms with Gasteiger partial charge in [0.2, 0.25) is 0 Å². The van der Waals surface area contributed by atoms with E-state index < -0.39 is 0 Å². The first-order chi connectivity index (χ1) is 8.50. The number of nitrogens with zero attached hydrogens (tertiary/aromatic N) is 1. The summed E-state index contributed by atoms with van der Waals surface area (Å²) in [5.74, 6) is 0.914. The average Bonchev–Trinajstić information content (AvgIpc) is 3.19. The molecule has 2 nitrogen and oxygen atoms in total. The van der Waals surface area contributed by atoms with Crippen molar-refractivity contribution in [2.45, 2.75) is 38.8 Å². The van der Waals surface area contributed by atoms with Crippen molar-refractivity contribution in [1.29, 1.82) is 0 Å². The Balaban J connectivity index is 2.07. The van der Waals surface area contributed by atoms with Crippen LogP contribution in [0.3, 0.4) is 0 Å². The van der Waals surface area contributed by atoms with Crippen LogP contribution in [0.5, 0.6) is 0 Å². The molecular formula is C15H20ClNO. The number of benzene rings is 1. The van der Waals surface area contributed by atoms with E-state index in [4.69, 9.17) is 11.6 Å². The largest absolute Gasteiger partial charge is 0.294 e. The maximum atomic E-state index is 12.4. The number of likely N-dealkylation sites (N-methyl/N-ethyl adjacent to an activating group) is 1. The minimum Gasteiger partial charge on any atom is -0.294 e. The number of halogens is 1. The van der Waals surface area contributed by atoms with Crippen LogP contribution in [-0.2, 0) is 0 Å². The fraction of sp³-hybridized carbons (Fsp3) is 0.533. The van der Waals surface area contributed by atoms with Gasteiger partial charge in [0, 0.05) is 16.6 Å². The predicted molar refractivity (Wildman–Crippen MR) is 75.2 cm³/mol. The fourth-order valence-corrected chi connectivity index (χ4v) is 2.52. The van der Waals surface area contributed by atoms with Gasteiger partial charge in [-0.15, -0.1) is 0 Å². The second-order valence-corrected chi connectivity index (χ2v) is 5.73. The molecule has 98 valence electrons. The van der Waals surface area contributed by atoms with Crippen LogP contribution in [0.4, 0.5) is 0 Å². The van der Waals surface area contributed by atoms with Crippen molar-refractivity contribution in [2.24, 2.45) is 5.92 Å². The lowest BCUT2D eigenvalue weighted by atomic mass is 10.0. The Morgan fingerprint density at radius 3 is 2.61 bits per heavy atom. The van der Waals surface area contributed by atoms with E-state index in [1.165, 1.54) is 12.8 Å². The van der Waals surface area contributed by atoms with Crippen LogP contribution in [0.15, 0.2) is 24.3 Å². The topological polar surface area (TPSA) is 20.3 Å². The highest BCUT2D eigenvalue weighted by Crippen LogP contribution is 2.35. The Labute approximate surface area is 114 Å². The van der Waals surface area contributed by atoms with Crippen LogP contribution in [0, 0.1) is 5.92 Å². The molecule has 1 aromatic rings. The minimum atomic E-state index is -0.0981.